The van der Waals surface area contributed by atoms with Crippen molar-refractivity contribution >= 4 is 22.7 Å². The third-order valence-corrected chi connectivity index (χ3v) is 5.77. The predicted octanol–water partition coefficient (Wildman–Crippen LogP) is 4.79. The minimum Gasteiger partial charge on any atom is -0.497 e. The smallest absolute Gasteiger partial charge is 0.262 e. The Morgan fingerprint density at radius 1 is 0.897 bits per heavy atom. The number of rotatable bonds is 7. The standard InChI is InChI=1S/C24H22N2O2S/c1-28-20-13-11-19(12-14-20)17-26-23(27)21-9-5-6-10-22(21)25-24(26)29-16-15-18-7-3-2-4-8-18/h2-14H,15-17H2,1H3. The van der Waals surface area contributed by atoms with Gasteiger partial charge in [-0.2, -0.15) is 0 Å². The van der Waals surface area contributed by atoms with Crippen molar-refractivity contribution < 1.29 is 4.74 Å². The van der Waals surface area contributed by atoms with E-state index in [2.05, 4.69) is 12.1 Å². The summed E-state index contributed by atoms with van der Waals surface area (Å²) in [4.78, 5) is 18.0. The molecule has 0 aliphatic rings. The molecule has 5 heteroatoms. The Balaban J connectivity index is 1.65. The highest BCUT2D eigenvalue weighted by Crippen LogP contribution is 2.21. The van der Waals surface area contributed by atoms with Gasteiger partial charge in [0.2, 0.25) is 0 Å². The molecule has 0 bridgehead atoms. The molecule has 0 spiro atoms. The minimum atomic E-state index is -0.00590. The first kappa shape index (κ1) is 19.3. The number of aromatic nitrogens is 2. The molecule has 0 unspecified atom stereocenters. The van der Waals surface area contributed by atoms with Gasteiger partial charge in [-0.15, -0.1) is 0 Å². The van der Waals surface area contributed by atoms with Crippen LogP contribution in [0.5, 0.6) is 5.75 Å². The second-order valence-electron chi connectivity index (χ2n) is 6.73. The van der Waals surface area contributed by atoms with Gasteiger partial charge in [0.15, 0.2) is 5.16 Å². The number of fused-ring (bicyclic) bond motifs is 1. The van der Waals surface area contributed by atoms with Crippen LogP contribution < -0.4 is 10.3 Å². The number of ether oxygens (including phenoxy) is 1. The topological polar surface area (TPSA) is 44.1 Å². The first-order chi connectivity index (χ1) is 14.2. The van der Waals surface area contributed by atoms with Gasteiger partial charge < -0.3 is 4.74 Å². The van der Waals surface area contributed by atoms with Crippen molar-refractivity contribution in [2.45, 2.75) is 18.1 Å². The summed E-state index contributed by atoms with van der Waals surface area (Å²) in [5.74, 6) is 1.66. The summed E-state index contributed by atoms with van der Waals surface area (Å²) in [7, 11) is 1.65. The van der Waals surface area contributed by atoms with Crippen LogP contribution in [0.4, 0.5) is 0 Å². The molecule has 0 aliphatic carbocycles. The van der Waals surface area contributed by atoms with Crippen molar-refractivity contribution in [2.75, 3.05) is 12.9 Å². The maximum atomic E-state index is 13.2. The van der Waals surface area contributed by atoms with Crippen LogP contribution in [0.15, 0.2) is 88.8 Å². The van der Waals surface area contributed by atoms with Crippen molar-refractivity contribution in [3.8, 4) is 5.75 Å². The molecule has 0 N–H and O–H groups in total. The van der Waals surface area contributed by atoms with E-state index in [0.29, 0.717) is 11.9 Å². The minimum absolute atomic E-state index is 0.00590. The van der Waals surface area contributed by atoms with E-state index in [9.17, 15) is 4.79 Å². The lowest BCUT2D eigenvalue weighted by Crippen LogP contribution is -2.24. The van der Waals surface area contributed by atoms with E-state index in [1.54, 1.807) is 23.4 Å². The van der Waals surface area contributed by atoms with Gasteiger partial charge in [0.25, 0.3) is 5.56 Å². The summed E-state index contributed by atoms with van der Waals surface area (Å²) in [6.07, 6.45) is 0.927. The molecule has 4 aromatic rings. The van der Waals surface area contributed by atoms with Gasteiger partial charge in [0.1, 0.15) is 5.75 Å². The van der Waals surface area contributed by atoms with E-state index < -0.39 is 0 Å². The van der Waals surface area contributed by atoms with E-state index in [0.717, 1.165) is 34.2 Å². The number of thioether (sulfide) groups is 1. The zero-order valence-corrected chi connectivity index (χ0v) is 17.1. The third kappa shape index (κ3) is 4.51. The van der Waals surface area contributed by atoms with E-state index >= 15 is 0 Å². The Bertz CT molecular complexity index is 1160. The lowest BCUT2D eigenvalue weighted by atomic mass is 10.2. The number of hydrogen-bond acceptors (Lipinski definition) is 4. The molecule has 0 saturated carbocycles. The molecule has 0 amide bonds. The number of benzene rings is 3. The molecule has 29 heavy (non-hydrogen) atoms. The van der Waals surface area contributed by atoms with Crippen molar-refractivity contribution in [2.24, 2.45) is 0 Å². The van der Waals surface area contributed by atoms with Gasteiger partial charge in [-0.05, 0) is 41.8 Å². The fourth-order valence-corrected chi connectivity index (χ4v) is 4.20. The second kappa shape index (κ2) is 8.97. The van der Waals surface area contributed by atoms with Gasteiger partial charge >= 0.3 is 0 Å². The van der Waals surface area contributed by atoms with Crippen molar-refractivity contribution in [1.29, 1.82) is 0 Å². The zero-order valence-electron chi connectivity index (χ0n) is 16.2. The Labute approximate surface area is 174 Å². The van der Waals surface area contributed by atoms with Crippen LogP contribution in [0.1, 0.15) is 11.1 Å². The maximum Gasteiger partial charge on any atom is 0.262 e. The van der Waals surface area contributed by atoms with Gasteiger partial charge in [-0.1, -0.05) is 66.4 Å². The molecule has 4 nitrogen and oxygen atoms in total. The second-order valence-corrected chi connectivity index (χ2v) is 7.80. The largest absolute Gasteiger partial charge is 0.497 e. The summed E-state index contributed by atoms with van der Waals surface area (Å²) in [5, 5.41) is 1.40. The molecule has 0 saturated heterocycles. The average Bonchev–Trinajstić information content (AvgIpc) is 2.77. The third-order valence-electron chi connectivity index (χ3n) is 4.79. The summed E-state index contributed by atoms with van der Waals surface area (Å²) in [5.41, 5.74) is 3.05. The molecular weight excluding hydrogens is 380 g/mol. The number of methoxy groups -OCH3 is 1. The lowest BCUT2D eigenvalue weighted by Gasteiger charge is -2.13. The Hall–Kier alpha value is -3.05. The molecule has 0 atom stereocenters. The highest BCUT2D eigenvalue weighted by atomic mass is 32.2. The van der Waals surface area contributed by atoms with Gasteiger partial charge in [0.05, 0.1) is 24.6 Å². The summed E-state index contributed by atoms with van der Waals surface area (Å²) >= 11 is 1.62. The molecule has 0 fully saturated rings. The van der Waals surface area contributed by atoms with Crippen molar-refractivity contribution in [3.63, 3.8) is 0 Å². The number of hydrogen-bond donors (Lipinski definition) is 0. The van der Waals surface area contributed by atoms with Crippen LogP contribution >= 0.6 is 11.8 Å². The number of aryl methyl sites for hydroxylation is 1. The fourth-order valence-electron chi connectivity index (χ4n) is 3.22. The maximum absolute atomic E-state index is 13.2. The van der Waals surface area contributed by atoms with Gasteiger partial charge in [0, 0.05) is 5.75 Å². The van der Waals surface area contributed by atoms with E-state index in [1.807, 2.05) is 66.7 Å². The highest BCUT2D eigenvalue weighted by molar-refractivity contribution is 7.99. The molecule has 146 valence electrons. The molecule has 0 radical (unpaired) electrons. The molecule has 0 aliphatic heterocycles. The van der Waals surface area contributed by atoms with Gasteiger partial charge in [-0.25, -0.2) is 4.98 Å². The van der Waals surface area contributed by atoms with E-state index in [4.69, 9.17) is 9.72 Å². The van der Waals surface area contributed by atoms with Crippen LogP contribution in [-0.2, 0) is 13.0 Å². The molecular formula is C24H22N2O2S. The van der Waals surface area contributed by atoms with Gasteiger partial charge in [-0.3, -0.25) is 9.36 Å². The summed E-state index contributed by atoms with van der Waals surface area (Å²) < 4.78 is 7.01. The predicted molar refractivity (Wildman–Crippen MR) is 119 cm³/mol. The molecule has 1 heterocycles. The van der Waals surface area contributed by atoms with Crippen LogP contribution in [0.3, 0.4) is 0 Å². The number of nitrogens with zero attached hydrogens (tertiary/aromatic N) is 2. The van der Waals surface area contributed by atoms with E-state index in [1.165, 1.54) is 5.56 Å². The highest BCUT2D eigenvalue weighted by Gasteiger charge is 2.12. The van der Waals surface area contributed by atoms with Crippen LogP contribution in [0.2, 0.25) is 0 Å². The van der Waals surface area contributed by atoms with Crippen LogP contribution in [0, 0.1) is 0 Å². The van der Waals surface area contributed by atoms with Crippen molar-refractivity contribution in [3.05, 3.63) is 100 Å². The Morgan fingerprint density at radius 3 is 2.38 bits per heavy atom. The quantitative estimate of drug-likeness (QED) is 0.329. The Kier molecular flexibility index (Phi) is 5.96. The van der Waals surface area contributed by atoms with Crippen LogP contribution in [-0.4, -0.2) is 22.4 Å². The monoisotopic (exact) mass is 402 g/mol. The summed E-state index contributed by atoms with van der Waals surface area (Å²) in [6, 6.07) is 25.7. The number of para-hydroxylation sites is 1. The van der Waals surface area contributed by atoms with E-state index in [-0.39, 0.29) is 5.56 Å². The summed E-state index contributed by atoms with van der Waals surface area (Å²) in [6.45, 7) is 0.480. The fraction of sp³-hybridized carbons (Fsp3) is 0.167. The Morgan fingerprint density at radius 2 is 1.62 bits per heavy atom. The van der Waals surface area contributed by atoms with Crippen LogP contribution in [0.25, 0.3) is 10.9 Å². The first-order valence-electron chi connectivity index (χ1n) is 9.54. The SMILES string of the molecule is COc1ccc(Cn2c(SCCc3ccccc3)nc3ccccc3c2=O)cc1. The lowest BCUT2D eigenvalue weighted by molar-refractivity contribution is 0.414. The van der Waals surface area contributed by atoms with Crippen molar-refractivity contribution in [1.82, 2.24) is 9.55 Å². The first-order valence-corrected chi connectivity index (χ1v) is 10.5. The molecule has 1 aromatic heterocycles. The zero-order chi connectivity index (χ0) is 20.1. The average molecular weight is 403 g/mol. The molecule has 4 rings (SSSR count). The molecule has 3 aromatic carbocycles. The normalized spacial score (nSPS) is 10.9.